The van der Waals surface area contributed by atoms with Gasteiger partial charge in [-0.15, -0.1) is 11.3 Å². The van der Waals surface area contributed by atoms with Crippen molar-refractivity contribution in [2.24, 2.45) is 5.92 Å². The zero-order chi connectivity index (χ0) is 47.0. The summed E-state index contributed by atoms with van der Waals surface area (Å²) in [6.45, 7) is 2.47. The van der Waals surface area contributed by atoms with Crippen LogP contribution in [0.5, 0.6) is 0 Å². The van der Waals surface area contributed by atoms with E-state index in [1.807, 2.05) is 11.3 Å². The van der Waals surface area contributed by atoms with Crippen molar-refractivity contribution in [1.82, 2.24) is 0 Å². The number of anilines is 5. The van der Waals surface area contributed by atoms with Gasteiger partial charge in [0.15, 0.2) is 0 Å². The Morgan fingerprint density at radius 1 is 0.535 bits per heavy atom. The Labute approximate surface area is 420 Å². The van der Waals surface area contributed by atoms with Gasteiger partial charge in [-0.2, -0.15) is 0 Å². The Bertz CT molecular complexity index is 3750. The van der Waals surface area contributed by atoms with Crippen molar-refractivity contribution < 1.29 is 0 Å². The molecule has 2 heterocycles. The fourth-order valence-corrected chi connectivity index (χ4v) is 14.2. The monoisotopic (exact) mass is 928 g/mol. The highest BCUT2D eigenvalue weighted by Crippen LogP contribution is 2.58. The van der Waals surface area contributed by atoms with Gasteiger partial charge >= 0.3 is 0 Å². The van der Waals surface area contributed by atoms with Crippen molar-refractivity contribution in [3.63, 3.8) is 0 Å². The third-order valence-corrected chi connectivity index (χ3v) is 17.2. The number of thiophene rings is 1. The van der Waals surface area contributed by atoms with Crippen LogP contribution in [0, 0.1) is 5.92 Å². The molecule has 1 aromatic heterocycles. The van der Waals surface area contributed by atoms with Crippen molar-refractivity contribution in [1.29, 1.82) is 0 Å². The fraction of sp³-hybridized carbons (Fsp3) is 0.118. The molecule has 0 saturated heterocycles. The van der Waals surface area contributed by atoms with Crippen molar-refractivity contribution in [2.45, 2.75) is 43.6 Å². The number of hydrogen-bond donors (Lipinski definition) is 0. The molecular weight excluding hydrogens is 877 g/mol. The topological polar surface area (TPSA) is 6.48 Å². The molecule has 4 aliphatic rings. The Morgan fingerprint density at radius 2 is 1.20 bits per heavy atom. The number of benzene rings is 9. The standard InChI is InChI=1S/C68H52N2S/c1-45-39-49(42-61-57-30-12-15-33-64(57)70(67(45)61)52-26-9-4-10-27-52)47-20-17-19-46(40-47)48-21-18-28-53(41-48)69(55-35-37-59-58-31-13-16-34-65(58)71-66(59)44-55)54-36-38-63-60(43-54)56-29-11-14-32-62(56)68(63,50-22-5-2-6-23-50)51-24-7-3-8-25-51/h2-16,18,20-38,40-45,61,67H,17,19,39H2,1H3. The minimum Gasteiger partial charge on any atom is -0.337 e. The number of hydrogen-bond acceptors (Lipinski definition) is 3. The fourth-order valence-electron chi connectivity index (χ4n) is 13.0. The quantitative estimate of drug-likeness (QED) is 0.150. The van der Waals surface area contributed by atoms with E-state index in [-0.39, 0.29) is 0 Å². The Morgan fingerprint density at radius 3 is 2.03 bits per heavy atom. The zero-order valence-corrected chi connectivity index (χ0v) is 40.6. The van der Waals surface area contributed by atoms with E-state index < -0.39 is 5.41 Å². The average molecular weight is 929 g/mol. The van der Waals surface area contributed by atoms with E-state index in [4.69, 9.17) is 0 Å². The van der Waals surface area contributed by atoms with Crippen LogP contribution in [-0.2, 0) is 5.41 Å². The zero-order valence-electron chi connectivity index (χ0n) is 39.8. The first kappa shape index (κ1) is 41.9. The molecule has 3 aliphatic carbocycles. The lowest BCUT2D eigenvalue weighted by atomic mass is 9.68. The average Bonchev–Trinajstić information content (AvgIpc) is 4.08. The number of rotatable bonds is 8. The molecule has 0 saturated carbocycles. The van der Waals surface area contributed by atoms with E-state index in [1.165, 1.54) is 92.8 Å². The van der Waals surface area contributed by atoms with Gasteiger partial charge in [-0.25, -0.2) is 0 Å². The predicted molar refractivity (Wildman–Crippen MR) is 300 cm³/mol. The van der Waals surface area contributed by atoms with Crippen LogP contribution in [0.15, 0.2) is 254 Å². The maximum absolute atomic E-state index is 2.62. The molecule has 0 fully saturated rings. The van der Waals surface area contributed by atoms with E-state index >= 15 is 0 Å². The predicted octanol–water partition coefficient (Wildman–Crippen LogP) is 18.3. The van der Waals surface area contributed by atoms with E-state index in [1.54, 1.807) is 0 Å². The third kappa shape index (κ3) is 6.67. The third-order valence-electron chi connectivity index (χ3n) is 16.0. The number of allylic oxidation sites excluding steroid dienone is 5. The molecule has 0 amide bonds. The van der Waals surface area contributed by atoms with Crippen LogP contribution in [0.1, 0.15) is 65.5 Å². The van der Waals surface area contributed by atoms with E-state index in [0.717, 1.165) is 36.3 Å². The molecule has 3 unspecified atom stereocenters. The Hall–Kier alpha value is -7.98. The van der Waals surface area contributed by atoms with Crippen LogP contribution in [0.3, 0.4) is 0 Å². The van der Waals surface area contributed by atoms with Gasteiger partial charge in [0, 0.05) is 60.6 Å². The SMILES string of the molecule is CC1CC(C2=CCCC(c3cccc(N(c4ccc5c(c4)-c4ccccc4C5(c4ccccc4)c4ccccc4)c4ccc5c(c4)sc4ccccc45)c3)=C2)=CC2c3ccccc3N(c3ccccc3)C12. The van der Waals surface area contributed by atoms with Gasteiger partial charge in [0.25, 0.3) is 0 Å². The summed E-state index contributed by atoms with van der Waals surface area (Å²) in [6.07, 6.45) is 10.7. The van der Waals surface area contributed by atoms with Gasteiger partial charge in [0.05, 0.1) is 5.41 Å². The molecular formula is C68H52N2S. The van der Waals surface area contributed by atoms with Crippen LogP contribution in [-0.4, -0.2) is 6.04 Å². The second kappa shape index (κ2) is 16.9. The number of fused-ring (bicyclic) bond motifs is 9. The highest BCUT2D eigenvalue weighted by atomic mass is 32.1. The first-order valence-corrected chi connectivity index (χ1v) is 26.2. The van der Waals surface area contributed by atoms with Crippen molar-refractivity contribution in [3.8, 4) is 11.1 Å². The first-order chi connectivity index (χ1) is 35.1. The molecule has 3 heteroatoms. The molecule has 0 N–H and O–H groups in total. The summed E-state index contributed by atoms with van der Waals surface area (Å²) in [5.74, 6) is 0.817. The minimum absolute atomic E-state index is 0.338. The van der Waals surface area contributed by atoms with E-state index in [9.17, 15) is 0 Å². The van der Waals surface area contributed by atoms with Gasteiger partial charge in [-0.1, -0.05) is 189 Å². The molecule has 3 atom stereocenters. The van der Waals surface area contributed by atoms with E-state index in [0.29, 0.717) is 17.9 Å². The summed E-state index contributed by atoms with van der Waals surface area (Å²) >= 11 is 1.88. The van der Waals surface area contributed by atoms with Crippen LogP contribution in [0.4, 0.5) is 28.4 Å². The largest absolute Gasteiger partial charge is 0.337 e. The molecule has 0 radical (unpaired) electrons. The second-order valence-electron chi connectivity index (χ2n) is 19.9. The maximum atomic E-state index is 2.62. The summed E-state index contributed by atoms with van der Waals surface area (Å²) in [4.78, 5) is 5.12. The highest BCUT2D eigenvalue weighted by molar-refractivity contribution is 7.25. The molecule has 71 heavy (non-hydrogen) atoms. The summed E-state index contributed by atoms with van der Waals surface area (Å²) in [5.41, 5.74) is 20.4. The second-order valence-corrected chi connectivity index (χ2v) is 21.0. The molecule has 9 aromatic carbocycles. The summed E-state index contributed by atoms with van der Waals surface area (Å²) < 4.78 is 2.61. The first-order valence-electron chi connectivity index (χ1n) is 25.3. The summed E-state index contributed by atoms with van der Waals surface area (Å²) in [6, 6.07) is 84.3. The molecule has 0 spiro atoms. The van der Waals surface area contributed by atoms with E-state index in [2.05, 4.69) is 259 Å². The van der Waals surface area contributed by atoms with Gasteiger partial charge in [0.1, 0.15) is 0 Å². The molecule has 0 bridgehead atoms. The maximum Gasteiger partial charge on any atom is 0.0713 e. The summed E-state index contributed by atoms with van der Waals surface area (Å²) in [5, 5.41) is 2.62. The Balaban J connectivity index is 0.887. The van der Waals surface area contributed by atoms with Crippen LogP contribution < -0.4 is 9.80 Å². The van der Waals surface area contributed by atoms with Gasteiger partial charge in [-0.3, -0.25) is 0 Å². The molecule has 340 valence electrons. The lowest BCUT2D eigenvalue weighted by Crippen LogP contribution is -2.38. The van der Waals surface area contributed by atoms with Gasteiger partial charge in [-0.05, 0) is 147 Å². The van der Waals surface area contributed by atoms with Crippen molar-refractivity contribution in [2.75, 3.05) is 9.80 Å². The van der Waals surface area contributed by atoms with Crippen molar-refractivity contribution >= 4 is 65.5 Å². The molecule has 14 rings (SSSR count). The lowest BCUT2D eigenvalue weighted by molar-refractivity contribution is 0.415. The van der Waals surface area contributed by atoms with Gasteiger partial charge < -0.3 is 9.80 Å². The van der Waals surface area contributed by atoms with Crippen molar-refractivity contribution in [3.05, 3.63) is 287 Å². The molecule has 10 aromatic rings. The number of para-hydroxylation sites is 2. The minimum atomic E-state index is -0.457. The Kier molecular flexibility index (Phi) is 9.96. The molecule has 1 aliphatic heterocycles. The smallest absolute Gasteiger partial charge is 0.0713 e. The van der Waals surface area contributed by atoms with Gasteiger partial charge in [0.2, 0.25) is 0 Å². The molecule has 2 nitrogen and oxygen atoms in total. The highest BCUT2D eigenvalue weighted by Gasteiger charge is 2.47. The van der Waals surface area contributed by atoms with Crippen LogP contribution in [0.25, 0.3) is 36.9 Å². The van der Waals surface area contributed by atoms with Crippen LogP contribution in [0.2, 0.25) is 0 Å². The summed E-state index contributed by atoms with van der Waals surface area (Å²) in [7, 11) is 0. The van der Waals surface area contributed by atoms with Crippen LogP contribution >= 0.6 is 11.3 Å². The normalized spacial score (nSPS) is 18.5. The lowest BCUT2D eigenvalue weighted by Gasteiger charge is -2.38. The number of nitrogens with zero attached hydrogens (tertiary/aromatic N) is 2.